The number of rotatable bonds is 7. The third kappa shape index (κ3) is 5.48. The summed E-state index contributed by atoms with van der Waals surface area (Å²) in [6.07, 6.45) is 6.72. The fraction of sp³-hybridized carbons (Fsp3) is 0.519. The number of hydrogen-bond acceptors (Lipinski definition) is 3. The van der Waals surface area contributed by atoms with Crippen molar-refractivity contribution in [2.75, 3.05) is 40.3 Å². The Hall–Kier alpha value is -2.33. The number of ether oxygens (including phenoxy) is 1. The lowest BCUT2D eigenvalue weighted by atomic mass is 9.70. The summed E-state index contributed by atoms with van der Waals surface area (Å²) in [6, 6.07) is 16.1. The molecular weight excluding hydrogens is 384 g/mol. The van der Waals surface area contributed by atoms with Gasteiger partial charge in [-0.15, -0.1) is 0 Å². The van der Waals surface area contributed by atoms with Crippen LogP contribution in [-0.4, -0.2) is 56.0 Å². The molecule has 0 radical (unpaired) electrons. The molecule has 1 heterocycles. The molecule has 2 fully saturated rings. The monoisotopic (exact) mass is 420 g/mol. The van der Waals surface area contributed by atoms with Crippen LogP contribution in [-0.2, 0) is 0 Å². The lowest BCUT2D eigenvalue weighted by molar-refractivity contribution is 0.0564. The van der Waals surface area contributed by atoms with Crippen LogP contribution < -0.4 is 4.74 Å². The molecule has 1 aliphatic carbocycles. The van der Waals surface area contributed by atoms with E-state index >= 15 is 0 Å². The van der Waals surface area contributed by atoms with Gasteiger partial charge in [-0.1, -0.05) is 37.6 Å². The first-order valence-corrected chi connectivity index (χ1v) is 11.7. The summed E-state index contributed by atoms with van der Waals surface area (Å²) >= 11 is 0. The van der Waals surface area contributed by atoms with E-state index in [2.05, 4.69) is 36.1 Å². The molecule has 2 aliphatic rings. The van der Waals surface area contributed by atoms with Crippen LogP contribution in [0.3, 0.4) is 0 Å². The predicted molar refractivity (Wildman–Crippen MR) is 127 cm³/mol. The Morgan fingerprint density at radius 2 is 1.58 bits per heavy atom. The summed E-state index contributed by atoms with van der Waals surface area (Å²) in [5, 5.41) is 0. The molecule has 31 heavy (non-hydrogen) atoms. The lowest BCUT2D eigenvalue weighted by Crippen LogP contribution is -2.44. The fourth-order valence-electron chi connectivity index (χ4n) is 4.81. The highest BCUT2D eigenvalue weighted by Crippen LogP contribution is 2.41. The van der Waals surface area contributed by atoms with Crippen LogP contribution in [0.1, 0.15) is 49.4 Å². The molecule has 1 amide bonds. The zero-order chi connectivity index (χ0) is 21.8. The number of benzene rings is 2. The molecule has 1 saturated heterocycles. The quantitative estimate of drug-likeness (QED) is 0.606. The minimum atomic E-state index is 0.0263. The Morgan fingerprint density at radius 3 is 2.10 bits per heavy atom. The summed E-state index contributed by atoms with van der Waals surface area (Å²) in [6.45, 7) is 6.98. The number of carbonyl (C=O) groups excluding carboxylic acids is 1. The second-order valence-electron chi connectivity index (χ2n) is 10.00. The first kappa shape index (κ1) is 21.9. The van der Waals surface area contributed by atoms with Crippen molar-refractivity contribution >= 4 is 5.91 Å². The van der Waals surface area contributed by atoms with Crippen LogP contribution in [0.4, 0.5) is 0 Å². The first-order chi connectivity index (χ1) is 14.9. The Balaban J connectivity index is 1.24. The van der Waals surface area contributed by atoms with E-state index in [1.54, 1.807) is 19.0 Å². The highest BCUT2D eigenvalue weighted by atomic mass is 16.5. The van der Waals surface area contributed by atoms with Crippen LogP contribution in [0.25, 0.3) is 11.1 Å². The molecule has 0 bridgehead atoms. The Kier molecular flexibility index (Phi) is 6.66. The Labute approximate surface area is 187 Å². The van der Waals surface area contributed by atoms with E-state index in [0.717, 1.165) is 23.5 Å². The van der Waals surface area contributed by atoms with Crippen molar-refractivity contribution in [1.82, 2.24) is 9.80 Å². The van der Waals surface area contributed by atoms with Gasteiger partial charge in [-0.05, 0) is 85.5 Å². The van der Waals surface area contributed by atoms with Gasteiger partial charge < -0.3 is 14.5 Å². The first-order valence-electron chi connectivity index (χ1n) is 11.7. The molecule has 4 rings (SSSR count). The highest BCUT2D eigenvalue weighted by molar-refractivity contribution is 5.94. The van der Waals surface area contributed by atoms with Crippen molar-refractivity contribution in [2.24, 2.45) is 11.3 Å². The van der Waals surface area contributed by atoms with Gasteiger partial charge in [-0.25, -0.2) is 0 Å². The van der Waals surface area contributed by atoms with Crippen molar-refractivity contribution in [3.63, 3.8) is 0 Å². The van der Waals surface area contributed by atoms with Gasteiger partial charge in [0, 0.05) is 26.2 Å². The van der Waals surface area contributed by atoms with Crippen molar-refractivity contribution < 1.29 is 9.53 Å². The van der Waals surface area contributed by atoms with Gasteiger partial charge in [0.05, 0.1) is 6.61 Å². The van der Waals surface area contributed by atoms with Gasteiger partial charge in [0.2, 0.25) is 0 Å². The Morgan fingerprint density at radius 1 is 1.00 bits per heavy atom. The number of amides is 1. The number of nitrogens with zero attached hydrogens (tertiary/aromatic N) is 2. The molecule has 4 nitrogen and oxygen atoms in total. The van der Waals surface area contributed by atoms with Gasteiger partial charge in [-0.3, -0.25) is 4.79 Å². The van der Waals surface area contributed by atoms with E-state index in [1.165, 1.54) is 51.7 Å². The lowest BCUT2D eigenvalue weighted by Gasteiger charge is -2.44. The molecular formula is C27H36N2O2. The van der Waals surface area contributed by atoms with Gasteiger partial charge in [0.25, 0.3) is 5.91 Å². The summed E-state index contributed by atoms with van der Waals surface area (Å²) in [4.78, 5) is 16.3. The van der Waals surface area contributed by atoms with Gasteiger partial charge in [0.1, 0.15) is 5.75 Å². The van der Waals surface area contributed by atoms with Crippen molar-refractivity contribution in [3.8, 4) is 16.9 Å². The topological polar surface area (TPSA) is 32.8 Å². The molecule has 1 aliphatic heterocycles. The van der Waals surface area contributed by atoms with E-state index in [-0.39, 0.29) is 5.91 Å². The van der Waals surface area contributed by atoms with E-state index < -0.39 is 0 Å². The van der Waals surface area contributed by atoms with Crippen LogP contribution in [0.2, 0.25) is 0 Å². The second-order valence-corrected chi connectivity index (χ2v) is 10.00. The standard InChI is InChI=1S/C27H36N2O2/c1-27(15-4-16-27)20-29-17-13-21(14-18-29)19-31-25-11-9-23(10-12-25)22-5-7-24(8-6-22)26(30)28(2)3/h5-12,21H,4,13-20H2,1-3H3. The zero-order valence-electron chi connectivity index (χ0n) is 19.3. The summed E-state index contributed by atoms with van der Waals surface area (Å²) in [5.41, 5.74) is 3.54. The summed E-state index contributed by atoms with van der Waals surface area (Å²) in [7, 11) is 3.54. The second kappa shape index (κ2) is 9.44. The fourth-order valence-corrected chi connectivity index (χ4v) is 4.81. The Bertz CT molecular complexity index is 861. The van der Waals surface area contributed by atoms with Gasteiger partial charge in [-0.2, -0.15) is 0 Å². The van der Waals surface area contributed by atoms with E-state index in [9.17, 15) is 4.79 Å². The maximum Gasteiger partial charge on any atom is 0.253 e. The molecule has 2 aromatic rings. The van der Waals surface area contributed by atoms with Crippen molar-refractivity contribution in [2.45, 2.75) is 39.0 Å². The van der Waals surface area contributed by atoms with Gasteiger partial charge in [0.15, 0.2) is 0 Å². The number of hydrogen-bond donors (Lipinski definition) is 0. The normalized spacial score (nSPS) is 18.9. The molecule has 0 spiro atoms. The van der Waals surface area contributed by atoms with E-state index in [0.29, 0.717) is 16.9 Å². The third-order valence-electron chi connectivity index (χ3n) is 7.08. The molecule has 0 N–H and O–H groups in total. The molecule has 4 heteroatoms. The highest BCUT2D eigenvalue weighted by Gasteiger charge is 2.34. The zero-order valence-corrected chi connectivity index (χ0v) is 19.3. The SMILES string of the molecule is CN(C)C(=O)c1ccc(-c2ccc(OCC3CCN(CC4(C)CCC4)CC3)cc2)cc1. The molecule has 2 aromatic carbocycles. The van der Waals surface area contributed by atoms with E-state index in [1.807, 2.05) is 24.3 Å². The molecule has 0 atom stereocenters. The molecule has 166 valence electrons. The maximum atomic E-state index is 12.0. The number of piperidine rings is 1. The molecule has 1 saturated carbocycles. The predicted octanol–water partition coefficient (Wildman–Crippen LogP) is 5.34. The number of carbonyl (C=O) groups is 1. The van der Waals surface area contributed by atoms with Crippen molar-refractivity contribution in [1.29, 1.82) is 0 Å². The van der Waals surface area contributed by atoms with Crippen molar-refractivity contribution in [3.05, 3.63) is 54.1 Å². The van der Waals surface area contributed by atoms with E-state index in [4.69, 9.17) is 4.74 Å². The van der Waals surface area contributed by atoms with Crippen LogP contribution in [0, 0.1) is 11.3 Å². The smallest absolute Gasteiger partial charge is 0.253 e. The number of likely N-dealkylation sites (tertiary alicyclic amines) is 1. The van der Waals surface area contributed by atoms with Crippen LogP contribution >= 0.6 is 0 Å². The van der Waals surface area contributed by atoms with Crippen LogP contribution in [0.15, 0.2) is 48.5 Å². The molecule has 0 aromatic heterocycles. The minimum Gasteiger partial charge on any atom is -0.493 e. The minimum absolute atomic E-state index is 0.0263. The third-order valence-corrected chi connectivity index (χ3v) is 7.08. The summed E-state index contributed by atoms with van der Waals surface area (Å²) < 4.78 is 6.11. The maximum absolute atomic E-state index is 12.0. The average molecular weight is 421 g/mol. The van der Waals surface area contributed by atoms with Gasteiger partial charge >= 0.3 is 0 Å². The van der Waals surface area contributed by atoms with Crippen LogP contribution in [0.5, 0.6) is 5.75 Å². The summed E-state index contributed by atoms with van der Waals surface area (Å²) in [5.74, 6) is 1.62. The average Bonchev–Trinajstić information content (AvgIpc) is 2.77. The largest absolute Gasteiger partial charge is 0.493 e. The molecule has 0 unspecified atom stereocenters.